The van der Waals surface area contributed by atoms with E-state index < -0.39 is 0 Å². The molecule has 0 amide bonds. The summed E-state index contributed by atoms with van der Waals surface area (Å²) in [5.41, 5.74) is 4.39. The van der Waals surface area contributed by atoms with Crippen LogP contribution in [0.2, 0.25) is 0 Å². The van der Waals surface area contributed by atoms with Crippen molar-refractivity contribution in [1.29, 1.82) is 0 Å². The fourth-order valence-corrected chi connectivity index (χ4v) is 1.37. The first-order valence-electron chi connectivity index (χ1n) is 4.21. The zero-order valence-electron chi connectivity index (χ0n) is 8.60. The van der Waals surface area contributed by atoms with E-state index in [0.717, 1.165) is 22.8 Å². The van der Waals surface area contributed by atoms with Crippen molar-refractivity contribution < 1.29 is 0 Å². The molecule has 1 rings (SSSR count). The topological polar surface area (TPSA) is 40.5 Å². The molecule has 0 aromatic carbocycles. The van der Waals surface area contributed by atoms with Crippen molar-refractivity contribution in [3.63, 3.8) is 0 Å². The number of aromatic nitrogens is 1. The standard InChI is InChI=1S/C10H15N3/c1-6-7(2)13-10(12-5)9(6)8(3)11-4/h13H,5H2,1-4H3. The van der Waals surface area contributed by atoms with E-state index in [9.17, 15) is 0 Å². The van der Waals surface area contributed by atoms with Crippen LogP contribution in [0.15, 0.2) is 9.98 Å². The second-order valence-corrected chi connectivity index (χ2v) is 3.07. The minimum Gasteiger partial charge on any atom is -0.343 e. The lowest BCUT2D eigenvalue weighted by atomic mass is 10.1. The lowest BCUT2D eigenvalue weighted by Crippen LogP contribution is -1.95. The average Bonchev–Trinajstić information content (AvgIpc) is 2.42. The van der Waals surface area contributed by atoms with E-state index >= 15 is 0 Å². The highest BCUT2D eigenvalue weighted by Gasteiger charge is 2.12. The summed E-state index contributed by atoms with van der Waals surface area (Å²) in [5, 5.41) is 0. The number of nitrogens with one attached hydrogen (secondary N) is 1. The van der Waals surface area contributed by atoms with Gasteiger partial charge in [-0.1, -0.05) is 0 Å². The molecule has 0 saturated heterocycles. The predicted octanol–water partition coefficient (Wildman–Crippen LogP) is 2.40. The third-order valence-corrected chi connectivity index (χ3v) is 2.34. The van der Waals surface area contributed by atoms with Crippen LogP contribution in [0.4, 0.5) is 5.82 Å². The number of aryl methyl sites for hydroxylation is 1. The third kappa shape index (κ3) is 1.54. The van der Waals surface area contributed by atoms with Gasteiger partial charge in [0.05, 0.1) is 0 Å². The molecule has 0 radical (unpaired) electrons. The molecule has 0 atom stereocenters. The molecule has 0 spiro atoms. The molecule has 0 aliphatic rings. The highest BCUT2D eigenvalue weighted by molar-refractivity contribution is 6.04. The first-order chi connectivity index (χ1) is 6.11. The number of aromatic amines is 1. The average molecular weight is 177 g/mol. The first kappa shape index (κ1) is 9.71. The van der Waals surface area contributed by atoms with Crippen molar-refractivity contribution in [1.82, 2.24) is 4.98 Å². The Balaban J connectivity index is 3.40. The number of hydrogen-bond acceptors (Lipinski definition) is 2. The van der Waals surface area contributed by atoms with Gasteiger partial charge in [0.1, 0.15) is 5.82 Å². The molecule has 0 unspecified atom stereocenters. The smallest absolute Gasteiger partial charge is 0.138 e. The Labute approximate surface area is 78.6 Å². The molecule has 0 aliphatic carbocycles. The van der Waals surface area contributed by atoms with E-state index in [1.54, 1.807) is 7.05 Å². The van der Waals surface area contributed by atoms with Gasteiger partial charge >= 0.3 is 0 Å². The van der Waals surface area contributed by atoms with Gasteiger partial charge in [-0.2, -0.15) is 0 Å². The first-order valence-corrected chi connectivity index (χ1v) is 4.21. The van der Waals surface area contributed by atoms with Crippen molar-refractivity contribution in [3.8, 4) is 0 Å². The maximum atomic E-state index is 4.15. The Kier molecular flexibility index (Phi) is 2.66. The highest BCUT2D eigenvalue weighted by Crippen LogP contribution is 2.24. The number of hydrogen-bond donors (Lipinski definition) is 1. The van der Waals surface area contributed by atoms with Crippen LogP contribution >= 0.6 is 0 Å². The minimum atomic E-state index is 0.818. The number of H-pyrrole nitrogens is 1. The van der Waals surface area contributed by atoms with E-state index in [-0.39, 0.29) is 0 Å². The van der Waals surface area contributed by atoms with Crippen LogP contribution in [-0.4, -0.2) is 24.5 Å². The van der Waals surface area contributed by atoms with Crippen molar-refractivity contribution in [2.24, 2.45) is 9.98 Å². The van der Waals surface area contributed by atoms with Gasteiger partial charge in [0.25, 0.3) is 0 Å². The van der Waals surface area contributed by atoms with Crippen LogP contribution in [0.5, 0.6) is 0 Å². The Hall–Kier alpha value is -1.38. The Bertz CT molecular complexity index is 358. The molecule has 0 fully saturated rings. The molecule has 0 bridgehead atoms. The molecule has 1 aromatic rings. The summed E-state index contributed by atoms with van der Waals surface area (Å²) in [5.74, 6) is 0.818. The van der Waals surface area contributed by atoms with E-state index in [0.29, 0.717) is 0 Å². The van der Waals surface area contributed by atoms with Crippen molar-refractivity contribution in [2.45, 2.75) is 20.8 Å². The quantitative estimate of drug-likeness (QED) is 0.674. The molecular weight excluding hydrogens is 162 g/mol. The molecule has 3 heteroatoms. The predicted molar refractivity (Wildman–Crippen MR) is 57.6 cm³/mol. The molecule has 13 heavy (non-hydrogen) atoms. The zero-order valence-corrected chi connectivity index (χ0v) is 8.60. The molecule has 0 aliphatic heterocycles. The Morgan fingerprint density at radius 1 is 1.38 bits per heavy atom. The number of aliphatic imine (C=N–C) groups is 2. The second kappa shape index (κ2) is 3.56. The molecule has 1 heterocycles. The summed E-state index contributed by atoms with van der Waals surface area (Å²) in [4.78, 5) is 11.3. The highest BCUT2D eigenvalue weighted by atomic mass is 14.9. The van der Waals surface area contributed by atoms with E-state index in [1.165, 1.54) is 5.56 Å². The van der Waals surface area contributed by atoms with Gasteiger partial charge in [-0.25, -0.2) is 4.99 Å². The van der Waals surface area contributed by atoms with Crippen LogP contribution in [0.1, 0.15) is 23.7 Å². The van der Waals surface area contributed by atoms with Gasteiger partial charge in [0.2, 0.25) is 0 Å². The van der Waals surface area contributed by atoms with Crippen LogP contribution in [0.3, 0.4) is 0 Å². The minimum absolute atomic E-state index is 0.818. The van der Waals surface area contributed by atoms with Gasteiger partial charge in [-0.05, 0) is 33.1 Å². The largest absolute Gasteiger partial charge is 0.343 e. The number of rotatable bonds is 2. The summed E-state index contributed by atoms with van der Waals surface area (Å²) in [6.07, 6.45) is 0. The Morgan fingerprint density at radius 3 is 2.46 bits per heavy atom. The van der Waals surface area contributed by atoms with Crippen molar-refractivity contribution in [3.05, 3.63) is 16.8 Å². The van der Waals surface area contributed by atoms with Crippen LogP contribution in [0.25, 0.3) is 0 Å². The van der Waals surface area contributed by atoms with Crippen LogP contribution in [-0.2, 0) is 0 Å². The maximum absolute atomic E-state index is 4.15. The Morgan fingerprint density at radius 2 is 2.00 bits per heavy atom. The fourth-order valence-electron chi connectivity index (χ4n) is 1.37. The van der Waals surface area contributed by atoms with E-state index in [2.05, 4.69) is 28.6 Å². The molecule has 1 aromatic heterocycles. The maximum Gasteiger partial charge on any atom is 0.138 e. The van der Waals surface area contributed by atoms with Gasteiger partial charge in [0, 0.05) is 24.0 Å². The fraction of sp³-hybridized carbons (Fsp3) is 0.400. The van der Waals surface area contributed by atoms with Gasteiger partial charge in [0.15, 0.2) is 0 Å². The number of nitrogens with zero attached hydrogens (tertiary/aromatic N) is 2. The van der Waals surface area contributed by atoms with Crippen molar-refractivity contribution >= 4 is 18.2 Å². The summed E-state index contributed by atoms with van der Waals surface area (Å²) >= 11 is 0. The lowest BCUT2D eigenvalue weighted by molar-refractivity contribution is 1.22. The monoisotopic (exact) mass is 177 g/mol. The molecule has 70 valence electrons. The zero-order chi connectivity index (χ0) is 10.0. The third-order valence-electron chi connectivity index (χ3n) is 2.34. The molecule has 3 nitrogen and oxygen atoms in total. The van der Waals surface area contributed by atoms with Gasteiger partial charge in [-0.3, -0.25) is 4.99 Å². The molecule has 1 N–H and O–H groups in total. The SMILES string of the molecule is C=Nc1[nH]c(C)c(C)c1C(C)=NC. The van der Waals surface area contributed by atoms with E-state index in [1.807, 2.05) is 13.8 Å². The van der Waals surface area contributed by atoms with Gasteiger partial charge in [-0.15, -0.1) is 0 Å². The molecule has 0 saturated carbocycles. The summed E-state index contributed by atoms with van der Waals surface area (Å²) in [6, 6.07) is 0. The van der Waals surface area contributed by atoms with Crippen LogP contribution < -0.4 is 0 Å². The normalized spacial score (nSPS) is 11.8. The summed E-state index contributed by atoms with van der Waals surface area (Å²) in [7, 11) is 1.78. The van der Waals surface area contributed by atoms with Crippen molar-refractivity contribution in [2.75, 3.05) is 7.05 Å². The lowest BCUT2D eigenvalue weighted by Gasteiger charge is -1.99. The summed E-state index contributed by atoms with van der Waals surface area (Å²) < 4.78 is 0. The summed E-state index contributed by atoms with van der Waals surface area (Å²) in [6.45, 7) is 9.59. The van der Waals surface area contributed by atoms with E-state index in [4.69, 9.17) is 0 Å². The molecular formula is C10H15N3. The van der Waals surface area contributed by atoms with Crippen LogP contribution in [0, 0.1) is 13.8 Å². The second-order valence-electron chi connectivity index (χ2n) is 3.07. The van der Waals surface area contributed by atoms with Gasteiger partial charge < -0.3 is 4.98 Å².